The minimum absolute atomic E-state index is 0.410. The summed E-state index contributed by atoms with van der Waals surface area (Å²) in [5.41, 5.74) is 3.41. The van der Waals surface area contributed by atoms with Crippen molar-refractivity contribution in [3.63, 3.8) is 0 Å². The predicted octanol–water partition coefficient (Wildman–Crippen LogP) is 1.09. The molecule has 0 spiro atoms. The Bertz CT molecular complexity index is 387. The molecular weight excluding hydrogens is 204 g/mol. The van der Waals surface area contributed by atoms with Crippen LogP contribution in [0.3, 0.4) is 0 Å². The summed E-state index contributed by atoms with van der Waals surface area (Å²) in [6.07, 6.45) is 2.28. The van der Waals surface area contributed by atoms with Crippen LogP contribution in [-0.4, -0.2) is 19.1 Å². The van der Waals surface area contributed by atoms with E-state index in [2.05, 4.69) is 15.7 Å². The maximum absolute atomic E-state index is 5.40. The van der Waals surface area contributed by atoms with Crippen LogP contribution in [0, 0.1) is 0 Å². The number of aliphatic imine (C=N–C) groups is 1. The summed E-state index contributed by atoms with van der Waals surface area (Å²) in [5.74, 6) is 6.75. The Labute approximate surface area is 94.7 Å². The number of hydrogen-bond acceptors (Lipinski definition) is 3. The molecule has 0 bridgehead atoms. The quantitative estimate of drug-likeness (QED) is 0.308. The Hall–Kier alpha value is -1.75. The second kappa shape index (κ2) is 4.85. The van der Waals surface area contributed by atoms with Gasteiger partial charge in [-0.1, -0.05) is 12.1 Å². The number of benzene rings is 1. The molecule has 5 nitrogen and oxygen atoms in total. The van der Waals surface area contributed by atoms with Gasteiger partial charge in [-0.15, -0.1) is 0 Å². The van der Waals surface area contributed by atoms with Crippen molar-refractivity contribution in [3.8, 4) is 5.75 Å². The molecule has 1 aromatic carbocycles. The molecule has 0 radical (unpaired) electrons. The van der Waals surface area contributed by atoms with Crippen LogP contribution in [0.4, 0.5) is 5.69 Å². The summed E-state index contributed by atoms with van der Waals surface area (Å²) in [4.78, 5) is 4.39. The lowest BCUT2D eigenvalue weighted by Gasteiger charge is -2.12. The zero-order valence-electron chi connectivity index (χ0n) is 9.23. The van der Waals surface area contributed by atoms with Crippen molar-refractivity contribution in [2.75, 3.05) is 12.4 Å². The molecule has 2 rings (SSSR count). The fourth-order valence-electron chi connectivity index (χ4n) is 1.37. The number of nitrogens with one attached hydrogen (secondary N) is 2. The second-order valence-corrected chi connectivity index (χ2v) is 3.68. The Morgan fingerprint density at radius 3 is 2.81 bits per heavy atom. The number of para-hydroxylation sites is 2. The van der Waals surface area contributed by atoms with Gasteiger partial charge in [-0.25, -0.2) is 10.8 Å². The van der Waals surface area contributed by atoms with E-state index in [1.54, 1.807) is 7.11 Å². The molecule has 1 aromatic rings. The lowest BCUT2D eigenvalue weighted by atomic mass is 10.3. The van der Waals surface area contributed by atoms with Gasteiger partial charge in [0.25, 0.3) is 0 Å². The van der Waals surface area contributed by atoms with E-state index < -0.39 is 0 Å². The lowest BCUT2D eigenvalue weighted by molar-refractivity contribution is 0.417. The molecule has 0 saturated heterocycles. The Balaban J connectivity index is 2.11. The van der Waals surface area contributed by atoms with Gasteiger partial charge in [0.15, 0.2) is 0 Å². The van der Waals surface area contributed by atoms with Crippen LogP contribution in [0.5, 0.6) is 5.75 Å². The van der Waals surface area contributed by atoms with Gasteiger partial charge in [-0.2, -0.15) is 0 Å². The van der Waals surface area contributed by atoms with Crippen molar-refractivity contribution in [1.82, 2.24) is 5.43 Å². The normalized spacial score (nSPS) is 15.8. The highest BCUT2D eigenvalue weighted by Gasteiger charge is 2.21. The fourth-order valence-corrected chi connectivity index (χ4v) is 1.37. The van der Waals surface area contributed by atoms with Crippen molar-refractivity contribution in [2.45, 2.75) is 18.9 Å². The molecule has 0 aliphatic heterocycles. The minimum Gasteiger partial charge on any atom is -0.495 e. The smallest absolute Gasteiger partial charge is 0.210 e. The summed E-state index contributed by atoms with van der Waals surface area (Å²) >= 11 is 0. The SMILES string of the molecule is COc1ccccc1NC(=NC1CC1)NN. The number of ether oxygens (including phenoxy) is 1. The van der Waals surface area contributed by atoms with E-state index in [0.717, 1.165) is 24.3 Å². The number of methoxy groups -OCH3 is 1. The van der Waals surface area contributed by atoms with Crippen LogP contribution in [0.1, 0.15) is 12.8 Å². The number of guanidine groups is 1. The minimum atomic E-state index is 0.410. The summed E-state index contributed by atoms with van der Waals surface area (Å²) in [6, 6.07) is 8.05. The van der Waals surface area contributed by atoms with Crippen molar-refractivity contribution in [3.05, 3.63) is 24.3 Å². The number of nitrogens with two attached hydrogens (primary N) is 1. The van der Waals surface area contributed by atoms with Crippen LogP contribution in [0.25, 0.3) is 0 Å². The van der Waals surface area contributed by atoms with Crippen LogP contribution in [0.2, 0.25) is 0 Å². The van der Waals surface area contributed by atoms with E-state index >= 15 is 0 Å². The van der Waals surface area contributed by atoms with Gasteiger partial charge in [-0.3, -0.25) is 5.43 Å². The maximum Gasteiger partial charge on any atom is 0.210 e. The van der Waals surface area contributed by atoms with Gasteiger partial charge >= 0.3 is 0 Å². The highest BCUT2D eigenvalue weighted by atomic mass is 16.5. The number of anilines is 1. The molecule has 0 amide bonds. The predicted molar refractivity (Wildman–Crippen MR) is 64.4 cm³/mol. The first kappa shape index (κ1) is 10.8. The van der Waals surface area contributed by atoms with E-state index in [-0.39, 0.29) is 0 Å². The Kier molecular flexibility index (Phi) is 3.26. The summed E-state index contributed by atoms with van der Waals surface area (Å²) in [7, 11) is 1.63. The average molecular weight is 220 g/mol. The van der Waals surface area contributed by atoms with Crippen molar-refractivity contribution >= 4 is 11.6 Å². The number of hydrazine groups is 1. The topological polar surface area (TPSA) is 71.7 Å². The first-order chi connectivity index (χ1) is 7.83. The summed E-state index contributed by atoms with van der Waals surface area (Å²) < 4.78 is 5.23. The van der Waals surface area contributed by atoms with Crippen molar-refractivity contribution in [2.24, 2.45) is 10.8 Å². The van der Waals surface area contributed by atoms with E-state index in [1.165, 1.54) is 0 Å². The molecule has 1 aliphatic carbocycles. The van der Waals surface area contributed by atoms with Crippen LogP contribution in [-0.2, 0) is 0 Å². The van der Waals surface area contributed by atoms with Crippen LogP contribution >= 0.6 is 0 Å². The van der Waals surface area contributed by atoms with Gasteiger partial charge in [0.2, 0.25) is 5.96 Å². The zero-order valence-corrected chi connectivity index (χ0v) is 9.23. The number of rotatable bonds is 3. The Morgan fingerprint density at radius 1 is 1.44 bits per heavy atom. The third-order valence-corrected chi connectivity index (χ3v) is 2.36. The third kappa shape index (κ3) is 2.64. The van der Waals surface area contributed by atoms with E-state index in [4.69, 9.17) is 10.6 Å². The Morgan fingerprint density at radius 2 is 2.19 bits per heavy atom. The molecule has 0 heterocycles. The molecule has 5 heteroatoms. The van der Waals surface area contributed by atoms with Crippen molar-refractivity contribution < 1.29 is 4.74 Å². The van der Waals surface area contributed by atoms with Crippen LogP contribution < -0.4 is 21.3 Å². The van der Waals surface area contributed by atoms with Gasteiger partial charge < -0.3 is 10.1 Å². The van der Waals surface area contributed by atoms with E-state index in [1.807, 2.05) is 24.3 Å². The maximum atomic E-state index is 5.40. The average Bonchev–Trinajstić information content (AvgIpc) is 3.13. The number of nitrogens with zero attached hydrogens (tertiary/aromatic N) is 1. The van der Waals surface area contributed by atoms with E-state index in [9.17, 15) is 0 Å². The molecule has 86 valence electrons. The molecule has 0 unspecified atom stereocenters. The molecule has 0 atom stereocenters. The lowest BCUT2D eigenvalue weighted by Crippen LogP contribution is -2.36. The first-order valence-corrected chi connectivity index (χ1v) is 5.28. The van der Waals surface area contributed by atoms with Crippen molar-refractivity contribution in [1.29, 1.82) is 0 Å². The second-order valence-electron chi connectivity index (χ2n) is 3.68. The van der Waals surface area contributed by atoms with Crippen LogP contribution in [0.15, 0.2) is 29.3 Å². The fraction of sp³-hybridized carbons (Fsp3) is 0.364. The van der Waals surface area contributed by atoms with Gasteiger partial charge in [0.1, 0.15) is 5.75 Å². The molecule has 16 heavy (non-hydrogen) atoms. The summed E-state index contributed by atoms with van der Waals surface area (Å²) in [5, 5.41) is 3.11. The monoisotopic (exact) mass is 220 g/mol. The zero-order chi connectivity index (χ0) is 11.4. The number of hydrogen-bond donors (Lipinski definition) is 3. The molecule has 4 N–H and O–H groups in total. The summed E-state index contributed by atoms with van der Waals surface area (Å²) in [6.45, 7) is 0. The largest absolute Gasteiger partial charge is 0.495 e. The third-order valence-electron chi connectivity index (χ3n) is 2.36. The van der Waals surface area contributed by atoms with Gasteiger partial charge in [0.05, 0.1) is 18.8 Å². The van der Waals surface area contributed by atoms with Gasteiger partial charge in [-0.05, 0) is 25.0 Å². The van der Waals surface area contributed by atoms with Gasteiger partial charge in [0, 0.05) is 0 Å². The molecule has 0 aromatic heterocycles. The molecule has 1 saturated carbocycles. The molecule has 1 fully saturated rings. The molecule has 1 aliphatic rings. The highest BCUT2D eigenvalue weighted by Crippen LogP contribution is 2.25. The molecular formula is C11H16N4O. The first-order valence-electron chi connectivity index (χ1n) is 5.28. The standard InChI is InChI=1S/C11H16N4O/c1-16-10-5-3-2-4-9(10)14-11(15-12)13-8-6-7-8/h2-5,8H,6-7,12H2,1H3,(H2,13,14,15). The van der Waals surface area contributed by atoms with E-state index in [0.29, 0.717) is 12.0 Å². The highest BCUT2D eigenvalue weighted by molar-refractivity contribution is 5.94.